The van der Waals surface area contributed by atoms with E-state index in [2.05, 4.69) is 27.7 Å². The summed E-state index contributed by atoms with van der Waals surface area (Å²) in [4.78, 5) is 26.0. The number of fused-ring (bicyclic) bond motifs is 3. The molecule has 0 radical (unpaired) electrons. The molecule has 2 aliphatic heterocycles. The maximum atomic E-state index is 13.0. The van der Waals surface area contributed by atoms with Crippen LogP contribution in [0.3, 0.4) is 0 Å². The molecule has 0 atom stereocenters. The Morgan fingerprint density at radius 2 is 0.915 bits per heavy atom. The van der Waals surface area contributed by atoms with Gasteiger partial charge in [-0.25, -0.2) is 9.59 Å². The fraction of sp³-hybridized carbons (Fsp3) is 0.333. The SMILES string of the molecule is CC1(COc2ccc(C(=O)Oc3ccc4c(c3)C(C)(C)c3cc(OC(=O)c5ccc(OCC6(C)COC6)cc5)ccc3-4)cc2)COC1. The van der Waals surface area contributed by atoms with E-state index in [0.717, 1.165) is 22.3 Å². The third-order valence-corrected chi connectivity index (χ3v) is 9.20. The number of hydrogen-bond acceptors (Lipinski definition) is 8. The van der Waals surface area contributed by atoms with Crippen molar-refractivity contribution in [3.05, 3.63) is 107 Å². The summed E-state index contributed by atoms with van der Waals surface area (Å²) in [5.74, 6) is 1.43. The summed E-state index contributed by atoms with van der Waals surface area (Å²) in [6.07, 6.45) is 0. The van der Waals surface area contributed by atoms with Crippen molar-refractivity contribution in [2.24, 2.45) is 10.8 Å². The molecule has 47 heavy (non-hydrogen) atoms. The average molecular weight is 635 g/mol. The zero-order valence-electron chi connectivity index (χ0n) is 27.1. The second kappa shape index (κ2) is 11.9. The van der Waals surface area contributed by atoms with Crippen molar-refractivity contribution in [3.8, 4) is 34.1 Å². The zero-order valence-corrected chi connectivity index (χ0v) is 27.1. The Morgan fingerprint density at radius 1 is 0.553 bits per heavy atom. The van der Waals surface area contributed by atoms with Crippen molar-refractivity contribution in [3.63, 3.8) is 0 Å². The third-order valence-electron chi connectivity index (χ3n) is 9.20. The maximum Gasteiger partial charge on any atom is 0.343 e. The minimum Gasteiger partial charge on any atom is -0.493 e. The molecule has 0 aromatic heterocycles. The third kappa shape index (κ3) is 6.23. The standard InChI is InChI=1S/C39H38O8/c1-37(2)33-17-29(46-35(40)25-5-9-27(10-6-25)44-23-38(3)19-42-20-38)13-15-31(33)32-16-14-30(18-34(32)37)47-36(41)26-7-11-28(12-8-26)45-24-39(4)21-43-22-39/h5-18H,19-24H2,1-4H3. The van der Waals surface area contributed by atoms with Crippen LogP contribution in [0.15, 0.2) is 84.9 Å². The van der Waals surface area contributed by atoms with E-state index >= 15 is 0 Å². The fourth-order valence-corrected chi connectivity index (χ4v) is 6.11. The first kappa shape index (κ1) is 31.0. The number of benzene rings is 4. The van der Waals surface area contributed by atoms with E-state index in [4.69, 9.17) is 28.4 Å². The largest absolute Gasteiger partial charge is 0.493 e. The summed E-state index contributed by atoms with van der Waals surface area (Å²) in [6, 6.07) is 25.4. The molecule has 0 bridgehead atoms. The minimum absolute atomic E-state index is 0.0395. The highest BCUT2D eigenvalue weighted by molar-refractivity contribution is 5.92. The number of hydrogen-bond donors (Lipinski definition) is 0. The van der Waals surface area contributed by atoms with Crippen LogP contribution >= 0.6 is 0 Å². The van der Waals surface area contributed by atoms with E-state index in [-0.39, 0.29) is 10.8 Å². The molecular formula is C39H38O8. The summed E-state index contributed by atoms with van der Waals surface area (Å²) in [6.45, 7) is 12.4. The van der Waals surface area contributed by atoms with Gasteiger partial charge in [-0.15, -0.1) is 0 Å². The molecule has 2 saturated heterocycles. The molecule has 0 unspecified atom stereocenters. The van der Waals surface area contributed by atoms with Crippen LogP contribution in [0.5, 0.6) is 23.0 Å². The molecule has 0 saturated carbocycles. The first-order chi connectivity index (χ1) is 22.5. The number of esters is 2. The predicted octanol–water partition coefficient (Wildman–Crippen LogP) is 7.26. The van der Waals surface area contributed by atoms with Crippen LogP contribution in [0.25, 0.3) is 11.1 Å². The van der Waals surface area contributed by atoms with Gasteiger partial charge in [0.1, 0.15) is 23.0 Å². The van der Waals surface area contributed by atoms with E-state index < -0.39 is 17.4 Å². The molecule has 2 heterocycles. The van der Waals surface area contributed by atoms with Crippen LogP contribution in [0, 0.1) is 10.8 Å². The van der Waals surface area contributed by atoms with Crippen LogP contribution in [0.2, 0.25) is 0 Å². The molecule has 242 valence electrons. The molecule has 1 aliphatic carbocycles. The fourth-order valence-electron chi connectivity index (χ4n) is 6.11. The van der Waals surface area contributed by atoms with Gasteiger partial charge in [0, 0.05) is 16.2 Å². The second-order valence-corrected chi connectivity index (χ2v) is 14.1. The van der Waals surface area contributed by atoms with E-state index in [1.165, 1.54) is 0 Å². The Bertz CT molecular complexity index is 1680. The molecule has 0 N–H and O–H groups in total. The quantitative estimate of drug-likeness (QED) is 0.133. The van der Waals surface area contributed by atoms with Gasteiger partial charge in [-0.3, -0.25) is 0 Å². The summed E-state index contributed by atoms with van der Waals surface area (Å²) >= 11 is 0. The molecule has 7 rings (SSSR count). The zero-order chi connectivity index (χ0) is 32.8. The van der Waals surface area contributed by atoms with Gasteiger partial charge in [-0.1, -0.05) is 39.8 Å². The molecule has 2 fully saturated rings. The number of carbonyl (C=O) groups is 2. The van der Waals surface area contributed by atoms with Crippen molar-refractivity contribution in [2.75, 3.05) is 39.6 Å². The van der Waals surface area contributed by atoms with Gasteiger partial charge in [0.15, 0.2) is 0 Å². The van der Waals surface area contributed by atoms with Crippen LogP contribution in [-0.4, -0.2) is 51.6 Å². The number of rotatable bonds is 10. The van der Waals surface area contributed by atoms with Gasteiger partial charge >= 0.3 is 11.9 Å². The average Bonchev–Trinajstić information content (AvgIpc) is 3.26. The van der Waals surface area contributed by atoms with E-state index in [1.54, 1.807) is 48.5 Å². The Labute approximate surface area is 274 Å². The Balaban J connectivity index is 0.994. The second-order valence-electron chi connectivity index (χ2n) is 14.1. The van der Waals surface area contributed by atoms with Crippen LogP contribution in [0.4, 0.5) is 0 Å². The van der Waals surface area contributed by atoms with E-state index in [9.17, 15) is 9.59 Å². The molecule has 0 amide bonds. The maximum absolute atomic E-state index is 13.0. The summed E-state index contributed by atoms with van der Waals surface area (Å²) in [5, 5.41) is 0. The van der Waals surface area contributed by atoms with Crippen molar-refractivity contribution in [2.45, 2.75) is 33.1 Å². The summed E-state index contributed by atoms with van der Waals surface area (Å²) in [5.41, 5.74) is 4.68. The number of carbonyl (C=O) groups excluding carboxylic acids is 2. The topological polar surface area (TPSA) is 89.5 Å². The Kier molecular flexibility index (Phi) is 7.81. The Hall–Kier alpha value is -4.66. The first-order valence-corrected chi connectivity index (χ1v) is 15.9. The summed E-state index contributed by atoms with van der Waals surface area (Å²) in [7, 11) is 0. The lowest BCUT2D eigenvalue weighted by Crippen LogP contribution is -2.44. The van der Waals surface area contributed by atoms with E-state index in [1.807, 2.05) is 36.4 Å². The first-order valence-electron chi connectivity index (χ1n) is 15.9. The smallest absolute Gasteiger partial charge is 0.343 e. The molecule has 3 aliphatic rings. The lowest BCUT2D eigenvalue weighted by atomic mass is 9.82. The highest BCUT2D eigenvalue weighted by atomic mass is 16.5. The van der Waals surface area contributed by atoms with E-state index in [0.29, 0.717) is 73.8 Å². The molecule has 4 aromatic carbocycles. The normalized spacial score (nSPS) is 17.7. The minimum atomic E-state index is -0.444. The van der Waals surface area contributed by atoms with Crippen LogP contribution in [-0.2, 0) is 14.9 Å². The lowest BCUT2D eigenvalue weighted by molar-refractivity contribution is -0.120. The van der Waals surface area contributed by atoms with Crippen molar-refractivity contribution < 1.29 is 38.0 Å². The van der Waals surface area contributed by atoms with Crippen LogP contribution in [0.1, 0.15) is 59.5 Å². The van der Waals surface area contributed by atoms with Gasteiger partial charge < -0.3 is 28.4 Å². The summed E-state index contributed by atoms with van der Waals surface area (Å²) < 4.78 is 33.9. The van der Waals surface area contributed by atoms with Crippen molar-refractivity contribution in [1.29, 1.82) is 0 Å². The highest BCUT2D eigenvalue weighted by Gasteiger charge is 2.37. The Morgan fingerprint density at radius 3 is 1.26 bits per heavy atom. The monoisotopic (exact) mass is 634 g/mol. The molecule has 8 heteroatoms. The molecular weight excluding hydrogens is 596 g/mol. The van der Waals surface area contributed by atoms with Crippen molar-refractivity contribution in [1.82, 2.24) is 0 Å². The number of ether oxygens (including phenoxy) is 6. The van der Waals surface area contributed by atoms with Gasteiger partial charge in [0.05, 0.1) is 50.8 Å². The van der Waals surface area contributed by atoms with Gasteiger partial charge in [0.2, 0.25) is 0 Å². The van der Waals surface area contributed by atoms with Gasteiger partial charge in [-0.05, 0) is 95.1 Å². The predicted molar refractivity (Wildman–Crippen MR) is 176 cm³/mol. The highest BCUT2D eigenvalue weighted by Crippen LogP contribution is 2.50. The molecule has 0 spiro atoms. The molecule has 4 aromatic rings. The van der Waals surface area contributed by atoms with Crippen LogP contribution < -0.4 is 18.9 Å². The molecule has 8 nitrogen and oxygen atoms in total. The van der Waals surface area contributed by atoms with Gasteiger partial charge in [-0.2, -0.15) is 0 Å². The lowest BCUT2D eigenvalue weighted by Gasteiger charge is -2.37. The van der Waals surface area contributed by atoms with Crippen molar-refractivity contribution >= 4 is 11.9 Å². The van der Waals surface area contributed by atoms with Gasteiger partial charge in [0.25, 0.3) is 0 Å².